The fourth-order valence-corrected chi connectivity index (χ4v) is 8.10. The molecule has 214 valence electrons. The third-order valence-electron chi connectivity index (χ3n) is 10.4. The van der Waals surface area contributed by atoms with E-state index in [-0.39, 0.29) is 46.7 Å². The van der Waals surface area contributed by atoms with E-state index in [0.717, 1.165) is 37.7 Å². The Morgan fingerprint density at radius 1 is 1.03 bits per heavy atom. The zero-order valence-electron chi connectivity index (χ0n) is 25.1. The van der Waals surface area contributed by atoms with Crippen LogP contribution in [0.3, 0.4) is 0 Å². The van der Waals surface area contributed by atoms with Gasteiger partial charge in [-0.2, -0.15) is 0 Å². The molecular weight excluding hydrogens is 487 g/mol. The van der Waals surface area contributed by atoms with Gasteiger partial charge in [0.05, 0.1) is 23.6 Å². The maximum atomic E-state index is 13.8. The molecule has 2 unspecified atom stereocenters. The number of carbonyl (C=O) groups is 2. The van der Waals surface area contributed by atoms with Gasteiger partial charge in [0.25, 0.3) is 0 Å². The molecule has 7 heteroatoms. The second-order valence-electron chi connectivity index (χ2n) is 14.4. The van der Waals surface area contributed by atoms with E-state index in [9.17, 15) is 9.59 Å². The fourth-order valence-electron chi connectivity index (χ4n) is 8.10. The number of aryl methyl sites for hydroxylation is 1. The van der Waals surface area contributed by atoms with Crippen molar-refractivity contribution in [3.8, 4) is 0 Å². The average molecular weight is 537 g/mol. The summed E-state index contributed by atoms with van der Waals surface area (Å²) in [6.07, 6.45) is 6.45. The minimum Gasteiger partial charge on any atom is -0.404 e. The van der Waals surface area contributed by atoms with Crippen LogP contribution in [0, 0.1) is 29.1 Å². The summed E-state index contributed by atoms with van der Waals surface area (Å²) in [6, 6.07) is 7.64. The Kier molecular flexibility index (Phi) is 7.98. The molecule has 4 aliphatic carbocycles. The van der Waals surface area contributed by atoms with Gasteiger partial charge in [0.1, 0.15) is 6.04 Å². The molecule has 3 saturated carbocycles. The third kappa shape index (κ3) is 5.42. The van der Waals surface area contributed by atoms with Crippen LogP contribution in [0.15, 0.2) is 24.3 Å². The van der Waals surface area contributed by atoms with E-state index in [0.29, 0.717) is 24.2 Å². The zero-order valence-corrected chi connectivity index (χ0v) is 25.1. The minimum atomic E-state index is -0.590. The molecule has 0 radical (unpaired) electrons. The number of hydrogen-bond donors (Lipinski definition) is 2. The molecule has 0 spiro atoms. The first-order valence-electron chi connectivity index (χ1n) is 15.4. The van der Waals surface area contributed by atoms with Crippen LogP contribution in [0.1, 0.15) is 104 Å². The van der Waals surface area contributed by atoms with Gasteiger partial charge >= 0.3 is 7.12 Å². The van der Waals surface area contributed by atoms with Crippen molar-refractivity contribution in [1.82, 2.24) is 10.6 Å². The summed E-state index contributed by atoms with van der Waals surface area (Å²) in [5.41, 5.74) is 2.30. The smallest absolute Gasteiger partial charge is 0.404 e. The molecule has 6 rings (SSSR count). The highest BCUT2D eigenvalue weighted by atomic mass is 16.7. The molecule has 2 N–H and O–H groups in total. The molecule has 4 fully saturated rings. The molecule has 1 saturated heterocycles. The SMILES string of the molecule is CC(C)C[C@H](NC(=O)[C@H](CC(C)C)NC(=O)[C@H]1CCCc2ccccc21)B1O[C@@H]2CC3CC(C3(C)C)[C@@]2(C)O1. The maximum absolute atomic E-state index is 13.8. The van der Waals surface area contributed by atoms with Crippen LogP contribution in [-0.4, -0.2) is 42.6 Å². The van der Waals surface area contributed by atoms with E-state index in [4.69, 9.17) is 9.31 Å². The lowest BCUT2D eigenvalue weighted by Crippen LogP contribution is -2.65. The Morgan fingerprint density at radius 2 is 1.74 bits per heavy atom. The second kappa shape index (κ2) is 10.9. The summed E-state index contributed by atoms with van der Waals surface area (Å²) in [6.45, 7) is 15.5. The number of hydrogen-bond acceptors (Lipinski definition) is 4. The summed E-state index contributed by atoms with van der Waals surface area (Å²) >= 11 is 0. The highest BCUT2D eigenvalue weighted by Gasteiger charge is 2.68. The number of benzene rings is 1. The molecule has 1 heterocycles. The van der Waals surface area contributed by atoms with Crippen molar-refractivity contribution >= 4 is 18.9 Å². The van der Waals surface area contributed by atoms with Crippen molar-refractivity contribution in [2.24, 2.45) is 29.1 Å². The van der Waals surface area contributed by atoms with Crippen molar-refractivity contribution in [2.75, 3.05) is 0 Å². The zero-order chi connectivity index (χ0) is 28.1. The quantitative estimate of drug-likeness (QED) is 0.413. The summed E-state index contributed by atoms with van der Waals surface area (Å²) in [5, 5.41) is 6.45. The summed E-state index contributed by atoms with van der Waals surface area (Å²) in [5.74, 6) is 1.13. The van der Waals surface area contributed by atoms with Crippen LogP contribution >= 0.6 is 0 Å². The molecule has 1 aliphatic heterocycles. The van der Waals surface area contributed by atoms with E-state index in [1.54, 1.807) is 0 Å². The number of fused-ring (bicyclic) bond motifs is 1. The summed E-state index contributed by atoms with van der Waals surface area (Å²) in [7, 11) is -0.470. The van der Waals surface area contributed by atoms with E-state index >= 15 is 0 Å². The van der Waals surface area contributed by atoms with Crippen molar-refractivity contribution in [1.29, 1.82) is 0 Å². The van der Waals surface area contributed by atoms with Crippen molar-refractivity contribution < 1.29 is 18.9 Å². The van der Waals surface area contributed by atoms with Gasteiger partial charge in [0.15, 0.2) is 0 Å². The molecule has 1 aromatic rings. The fraction of sp³-hybridized carbons (Fsp3) is 0.750. The number of amides is 2. The van der Waals surface area contributed by atoms with Crippen LogP contribution in [0.2, 0.25) is 0 Å². The molecular formula is C32H49BN2O4. The monoisotopic (exact) mass is 536 g/mol. The molecule has 6 nitrogen and oxygen atoms in total. The van der Waals surface area contributed by atoms with Gasteiger partial charge < -0.3 is 19.9 Å². The lowest BCUT2D eigenvalue weighted by atomic mass is 9.43. The Bertz CT molecular complexity index is 1070. The third-order valence-corrected chi connectivity index (χ3v) is 10.4. The van der Waals surface area contributed by atoms with Gasteiger partial charge in [0, 0.05) is 0 Å². The second-order valence-corrected chi connectivity index (χ2v) is 14.4. The van der Waals surface area contributed by atoms with Gasteiger partial charge in [0.2, 0.25) is 11.8 Å². The summed E-state index contributed by atoms with van der Waals surface area (Å²) < 4.78 is 13.3. The molecule has 2 amide bonds. The van der Waals surface area contributed by atoms with Gasteiger partial charge in [-0.05, 0) is 92.1 Å². The Hall–Kier alpha value is -1.86. The predicted molar refractivity (Wildman–Crippen MR) is 155 cm³/mol. The normalized spacial score (nSPS) is 32.2. The van der Waals surface area contributed by atoms with Crippen molar-refractivity contribution in [3.63, 3.8) is 0 Å². The Morgan fingerprint density at radius 3 is 2.44 bits per heavy atom. The molecule has 2 bridgehead atoms. The van der Waals surface area contributed by atoms with E-state index in [1.807, 2.05) is 12.1 Å². The molecule has 1 aromatic carbocycles. The molecule has 5 aliphatic rings. The van der Waals surface area contributed by atoms with Crippen LogP contribution < -0.4 is 10.6 Å². The largest absolute Gasteiger partial charge is 0.481 e. The highest BCUT2D eigenvalue weighted by molar-refractivity contribution is 6.48. The van der Waals surface area contributed by atoms with E-state index in [2.05, 4.69) is 71.2 Å². The maximum Gasteiger partial charge on any atom is 0.481 e. The van der Waals surface area contributed by atoms with Crippen LogP contribution in [0.25, 0.3) is 0 Å². The average Bonchev–Trinajstić information content (AvgIpc) is 3.24. The van der Waals surface area contributed by atoms with Crippen LogP contribution in [0.4, 0.5) is 0 Å². The topological polar surface area (TPSA) is 76.7 Å². The summed E-state index contributed by atoms with van der Waals surface area (Å²) in [4.78, 5) is 27.4. The molecule has 7 atom stereocenters. The molecule has 39 heavy (non-hydrogen) atoms. The first kappa shape index (κ1) is 28.7. The van der Waals surface area contributed by atoms with Gasteiger partial charge in [-0.3, -0.25) is 9.59 Å². The van der Waals surface area contributed by atoms with Crippen LogP contribution in [0.5, 0.6) is 0 Å². The standard InChI is InChI=1S/C32H49BN2O4/c1-19(2)15-25(34-29(36)24-14-10-12-21-11-8-9-13-23(21)24)30(37)35-28(16-20(3)4)33-38-27-18-22-17-26(31(22,5)6)32(27,7)39-33/h8-9,11,13,19-20,22,24-28H,10,12,14-18H2,1-7H3,(H,34,36)(H,35,37)/t22?,24-,25-,26?,27+,28-,32+/m0/s1. The predicted octanol–water partition coefficient (Wildman–Crippen LogP) is 5.44. The van der Waals surface area contributed by atoms with Gasteiger partial charge in [-0.25, -0.2) is 0 Å². The number of nitrogens with one attached hydrogen (secondary N) is 2. The lowest BCUT2D eigenvalue weighted by molar-refractivity contribution is -0.199. The Balaban J connectivity index is 1.30. The van der Waals surface area contributed by atoms with Gasteiger partial charge in [-0.1, -0.05) is 65.8 Å². The van der Waals surface area contributed by atoms with Crippen molar-refractivity contribution in [3.05, 3.63) is 35.4 Å². The van der Waals surface area contributed by atoms with E-state index < -0.39 is 13.2 Å². The number of rotatable bonds is 9. The first-order valence-corrected chi connectivity index (χ1v) is 15.4. The van der Waals surface area contributed by atoms with Gasteiger partial charge in [-0.15, -0.1) is 0 Å². The van der Waals surface area contributed by atoms with Crippen molar-refractivity contribution in [2.45, 2.75) is 123 Å². The number of carbonyl (C=O) groups excluding carboxylic acids is 2. The van der Waals surface area contributed by atoms with Crippen LogP contribution in [-0.2, 0) is 25.3 Å². The lowest BCUT2D eigenvalue weighted by Gasteiger charge is -2.64. The Labute approximate surface area is 235 Å². The minimum absolute atomic E-state index is 0.0442. The molecule has 0 aromatic heterocycles. The first-order chi connectivity index (χ1) is 18.4. The van der Waals surface area contributed by atoms with E-state index in [1.165, 1.54) is 12.0 Å². The highest BCUT2D eigenvalue weighted by Crippen LogP contribution is 2.65.